The van der Waals surface area contributed by atoms with Crippen LogP contribution in [0.1, 0.15) is 12.7 Å². The molecule has 2 aromatic heterocycles. The summed E-state index contributed by atoms with van der Waals surface area (Å²) in [6.45, 7) is 1.88. The molecule has 1 unspecified atom stereocenters. The van der Waals surface area contributed by atoms with Gasteiger partial charge in [-0.15, -0.1) is 0 Å². The Kier molecular flexibility index (Phi) is 4.18. The van der Waals surface area contributed by atoms with Crippen LogP contribution in [0.25, 0.3) is 21.9 Å². The zero-order valence-corrected chi connectivity index (χ0v) is 14.0. The number of rotatable bonds is 5. The van der Waals surface area contributed by atoms with Crippen molar-refractivity contribution in [3.63, 3.8) is 0 Å². The van der Waals surface area contributed by atoms with Gasteiger partial charge in [0.15, 0.2) is 5.82 Å². The van der Waals surface area contributed by atoms with E-state index in [1.54, 1.807) is 18.7 Å². The lowest BCUT2D eigenvalue weighted by Crippen LogP contribution is -2.33. The minimum absolute atomic E-state index is 0.224. The number of nitrogens with zero attached hydrogens (tertiary/aromatic N) is 3. The summed E-state index contributed by atoms with van der Waals surface area (Å²) in [5.74, 6) is 1.39. The molecule has 0 aliphatic rings. The van der Waals surface area contributed by atoms with Gasteiger partial charge in [0.2, 0.25) is 0 Å². The molecule has 0 saturated heterocycles. The summed E-state index contributed by atoms with van der Waals surface area (Å²) in [4.78, 5) is 8.81. The normalized spacial score (nSPS) is 14.4. The summed E-state index contributed by atoms with van der Waals surface area (Å²) in [7, 11) is 0. The third-order valence-corrected chi connectivity index (χ3v) is 4.70. The Morgan fingerprint density at radius 2 is 2.04 bits per heavy atom. The summed E-state index contributed by atoms with van der Waals surface area (Å²) in [5.41, 5.74) is 7.26. The Hall–Kier alpha value is -1.83. The molecule has 23 heavy (non-hydrogen) atoms. The van der Waals surface area contributed by atoms with Gasteiger partial charge in [-0.2, -0.15) is 11.8 Å². The van der Waals surface area contributed by atoms with Gasteiger partial charge in [-0.05, 0) is 19.2 Å². The van der Waals surface area contributed by atoms with E-state index in [0.29, 0.717) is 29.5 Å². The summed E-state index contributed by atoms with van der Waals surface area (Å²) < 4.78 is 1.85. The number of hydrogen-bond donors (Lipinski definition) is 3. The monoisotopic (exact) mass is 332 g/mol. The van der Waals surface area contributed by atoms with Gasteiger partial charge < -0.3 is 20.5 Å². The van der Waals surface area contributed by atoms with Crippen LogP contribution in [0.3, 0.4) is 0 Å². The second kappa shape index (κ2) is 5.99. The van der Waals surface area contributed by atoms with Crippen molar-refractivity contribution in [2.45, 2.75) is 25.7 Å². The first-order chi connectivity index (χ1) is 11.0. The molecule has 0 saturated carbocycles. The standard InChI is InChI=1S/C16H20N4O2S/c1-16(22,9-23-2)8-20-12(7-21)19-13-14(20)10-5-3-4-6-11(10)18-15(13)17/h3-6,21-22H,7-9H2,1-2H3,(H2,17,18). The minimum atomic E-state index is -0.921. The molecule has 1 aromatic carbocycles. The summed E-state index contributed by atoms with van der Waals surface area (Å²) in [5, 5.41) is 21.2. The molecule has 0 spiro atoms. The lowest BCUT2D eigenvalue weighted by molar-refractivity contribution is 0.0657. The van der Waals surface area contributed by atoms with E-state index in [1.165, 1.54) is 0 Å². The first kappa shape index (κ1) is 16.0. The molecule has 0 aliphatic carbocycles. The van der Waals surface area contributed by atoms with Crippen LogP contribution in [0.4, 0.5) is 5.82 Å². The number of fused-ring (bicyclic) bond motifs is 3. The van der Waals surface area contributed by atoms with Crippen LogP contribution in [0, 0.1) is 0 Å². The average Bonchev–Trinajstić information content (AvgIpc) is 2.86. The fourth-order valence-corrected chi connectivity index (χ4v) is 3.61. The van der Waals surface area contributed by atoms with E-state index < -0.39 is 5.60 Å². The van der Waals surface area contributed by atoms with Gasteiger partial charge in [0.1, 0.15) is 17.9 Å². The molecule has 0 aliphatic heterocycles. The Labute approximate surface area is 138 Å². The molecule has 0 radical (unpaired) electrons. The number of nitrogens with two attached hydrogens (primary N) is 1. The quantitative estimate of drug-likeness (QED) is 0.659. The van der Waals surface area contributed by atoms with Crippen molar-refractivity contribution in [3.05, 3.63) is 30.1 Å². The topological polar surface area (TPSA) is 97.2 Å². The Morgan fingerprint density at radius 1 is 1.30 bits per heavy atom. The lowest BCUT2D eigenvalue weighted by Gasteiger charge is -2.24. The number of thioether (sulfide) groups is 1. The van der Waals surface area contributed by atoms with Gasteiger partial charge in [-0.25, -0.2) is 9.97 Å². The number of anilines is 1. The zero-order valence-electron chi connectivity index (χ0n) is 13.2. The van der Waals surface area contributed by atoms with Gasteiger partial charge in [0.25, 0.3) is 0 Å². The number of aliphatic hydroxyl groups excluding tert-OH is 1. The predicted octanol–water partition coefficient (Wildman–Crippen LogP) is 1.77. The average molecular weight is 332 g/mol. The van der Waals surface area contributed by atoms with Crippen molar-refractivity contribution in [1.29, 1.82) is 0 Å². The largest absolute Gasteiger partial charge is 0.388 e. The highest BCUT2D eigenvalue weighted by Gasteiger charge is 2.25. The van der Waals surface area contributed by atoms with Crippen molar-refractivity contribution in [2.75, 3.05) is 17.7 Å². The van der Waals surface area contributed by atoms with Crippen molar-refractivity contribution in [2.24, 2.45) is 0 Å². The van der Waals surface area contributed by atoms with Crippen LogP contribution in [-0.2, 0) is 13.2 Å². The zero-order chi connectivity index (χ0) is 16.6. The van der Waals surface area contributed by atoms with E-state index in [0.717, 1.165) is 16.4 Å². The number of nitrogen functional groups attached to an aromatic ring is 1. The number of hydrogen-bond acceptors (Lipinski definition) is 6. The molecule has 0 fully saturated rings. The number of imidazole rings is 1. The molecule has 0 bridgehead atoms. The van der Waals surface area contributed by atoms with E-state index in [4.69, 9.17) is 5.73 Å². The van der Waals surface area contributed by atoms with Crippen LogP contribution in [0.5, 0.6) is 0 Å². The van der Waals surface area contributed by atoms with Crippen LogP contribution in [0.2, 0.25) is 0 Å². The van der Waals surface area contributed by atoms with Gasteiger partial charge in [-0.1, -0.05) is 18.2 Å². The third-order valence-electron chi connectivity index (χ3n) is 3.78. The molecule has 6 nitrogen and oxygen atoms in total. The Balaban J connectivity index is 2.30. The van der Waals surface area contributed by atoms with Gasteiger partial charge >= 0.3 is 0 Å². The van der Waals surface area contributed by atoms with E-state index in [-0.39, 0.29) is 6.61 Å². The molecule has 7 heteroatoms. The molecule has 3 aromatic rings. The second-order valence-corrected chi connectivity index (χ2v) is 6.78. The van der Waals surface area contributed by atoms with E-state index in [2.05, 4.69) is 9.97 Å². The fraction of sp³-hybridized carbons (Fsp3) is 0.375. The van der Waals surface area contributed by atoms with Gasteiger partial charge in [0, 0.05) is 11.1 Å². The number of para-hydroxylation sites is 1. The molecular formula is C16H20N4O2S. The number of benzene rings is 1. The molecule has 4 N–H and O–H groups in total. The molecular weight excluding hydrogens is 312 g/mol. The van der Waals surface area contributed by atoms with Gasteiger partial charge in [-0.3, -0.25) is 0 Å². The number of pyridine rings is 1. The summed E-state index contributed by atoms with van der Waals surface area (Å²) >= 11 is 1.57. The lowest BCUT2D eigenvalue weighted by atomic mass is 10.1. The van der Waals surface area contributed by atoms with E-state index >= 15 is 0 Å². The highest BCUT2D eigenvalue weighted by atomic mass is 32.2. The van der Waals surface area contributed by atoms with Crippen molar-refractivity contribution >= 4 is 39.5 Å². The number of aliphatic hydroxyl groups is 2. The molecule has 2 heterocycles. The van der Waals surface area contributed by atoms with Crippen molar-refractivity contribution < 1.29 is 10.2 Å². The summed E-state index contributed by atoms with van der Waals surface area (Å²) in [6.07, 6.45) is 1.95. The fourth-order valence-electron chi connectivity index (χ4n) is 2.89. The van der Waals surface area contributed by atoms with Crippen LogP contribution in [0.15, 0.2) is 24.3 Å². The maximum atomic E-state index is 10.6. The van der Waals surface area contributed by atoms with Crippen LogP contribution >= 0.6 is 11.8 Å². The Bertz CT molecular complexity index is 860. The van der Waals surface area contributed by atoms with Crippen molar-refractivity contribution in [1.82, 2.24) is 14.5 Å². The Morgan fingerprint density at radius 3 is 2.74 bits per heavy atom. The SMILES string of the molecule is CSCC(C)(O)Cn1c(CO)nc2c(N)nc3ccccc3c21. The van der Waals surface area contributed by atoms with E-state index in [9.17, 15) is 10.2 Å². The number of aromatic nitrogens is 3. The van der Waals surface area contributed by atoms with Crippen LogP contribution < -0.4 is 5.73 Å². The molecule has 1 atom stereocenters. The smallest absolute Gasteiger partial charge is 0.152 e. The third kappa shape index (κ3) is 2.87. The maximum absolute atomic E-state index is 10.6. The second-order valence-electron chi connectivity index (χ2n) is 5.91. The molecule has 122 valence electrons. The molecule has 3 rings (SSSR count). The maximum Gasteiger partial charge on any atom is 0.152 e. The predicted molar refractivity (Wildman–Crippen MR) is 94.4 cm³/mol. The highest BCUT2D eigenvalue weighted by molar-refractivity contribution is 7.98. The van der Waals surface area contributed by atoms with Crippen molar-refractivity contribution in [3.8, 4) is 0 Å². The first-order valence-electron chi connectivity index (χ1n) is 7.32. The first-order valence-corrected chi connectivity index (χ1v) is 8.72. The summed E-state index contributed by atoms with van der Waals surface area (Å²) in [6, 6.07) is 7.67. The van der Waals surface area contributed by atoms with Crippen LogP contribution in [-0.4, -0.2) is 42.4 Å². The minimum Gasteiger partial charge on any atom is -0.388 e. The van der Waals surface area contributed by atoms with E-state index in [1.807, 2.05) is 35.1 Å². The molecule has 0 amide bonds. The highest BCUT2D eigenvalue weighted by Crippen LogP contribution is 2.30. The van der Waals surface area contributed by atoms with Gasteiger partial charge in [0.05, 0.1) is 23.2 Å².